The van der Waals surface area contributed by atoms with Crippen LogP contribution < -0.4 is 10.9 Å². The Bertz CT molecular complexity index is 836. The summed E-state index contributed by atoms with van der Waals surface area (Å²) in [6, 6.07) is 8.91. The fraction of sp³-hybridized carbons (Fsp3) is 0.353. The molecule has 2 aromatic rings. The van der Waals surface area contributed by atoms with Crippen molar-refractivity contribution in [1.82, 2.24) is 15.6 Å². The number of nitrogens with zero attached hydrogens (tertiary/aromatic N) is 2. The van der Waals surface area contributed by atoms with E-state index in [9.17, 15) is 4.79 Å². The van der Waals surface area contributed by atoms with Gasteiger partial charge >= 0.3 is 0 Å². The zero-order valence-corrected chi connectivity index (χ0v) is 15.3. The highest BCUT2D eigenvalue weighted by molar-refractivity contribution is 6.30. The Balaban J connectivity index is 1.47. The number of ether oxygens (including phenoxy) is 2. The number of halogens is 2. The summed E-state index contributed by atoms with van der Waals surface area (Å²) in [5, 5.41) is 8.63. The molecule has 1 aromatic heterocycles. The van der Waals surface area contributed by atoms with Crippen LogP contribution in [0.3, 0.4) is 0 Å². The van der Waals surface area contributed by atoms with Crippen molar-refractivity contribution in [2.75, 3.05) is 5.43 Å². The predicted molar refractivity (Wildman–Crippen MR) is 95.5 cm³/mol. The molecule has 4 rings (SSSR count). The van der Waals surface area contributed by atoms with E-state index in [0.717, 1.165) is 18.4 Å². The fourth-order valence-electron chi connectivity index (χ4n) is 2.94. The van der Waals surface area contributed by atoms with E-state index in [4.69, 9.17) is 32.7 Å². The van der Waals surface area contributed by atoms with Gasteiger partial charge in [0.15, 0.2) is 23.6 Å². The normalized spacial score (nSPS) is 23.0. The number of amides is 1. The zero-order chi connectivity index (χ0) is 18.3. The van der Waals surface area contributed by atoms with Crippen molar-refractivity contribution in [3.63, 3.8) is 0 Å². The van der Waals surface area contributed by atoms with Gasteiger partial charge in [-0.15, -0.1) is 10.2 Å². The second-order valence-electron chi connectivity index (χ2n) is 6.31. The molecule has 1 aromatic carbocycles. The lowest BCUT2D eigenvalue weighted by Gasteiger charge is -2.34. The monoisotopic (exact) mass is 394 g/mol. The van der Waals surface area contributed by atoms with Crippen molar-refractivity contribution in [3.05, 3.63) is 51.6 Å². The molecule has 0 bridgehead atoms. The van der Waals surface area contributed by atoms with E-state index in [0.29, 0.717) is 16.4 Å². The van der Waals surface area contributed by atoms with Crippen LogP contribution in [0.2, 0.25) is 10.2 Å². The standard InChI is InChI=1S/C17H16Cl2N4O3/c1-9-25-15(26-9)12-8-13(19)20-21-14(12)22-23-16(24)17(6-7-17)10-2-4-11(18)5-3-10/h2-5,8-9,15H,6-7H2,1H3,(H,21,22)(H,23,24). The van der Waals surface area contributed by atoms with Gasteiger partial charge in [0.05, 0.1) is 11.0 Å². The van der Waals surface area contributed by atoms with Crippen LogP contribution in [0.15, 0.2) is 30.3 Å². The van der Waals surface area contributed by atoms with E-state index in [1.807, 2.05) is 12.1 Å². The summed E-state index contributed by atoms with van der Waals surface area (Å²) >= 11 is 11.8. The maximum Gasteiger partial charge on any atom is 0.248 e. The molecule has 1 amide bonds. The van der Waals surface area contributed by atoms with E-state index >= 15 is 0 Å². The Morgan fingerprint density at radius 1 is 1.19 bits per heavy atom. The largest absolute Gasteiger partial charge is 0.319 e. The minimum absolute atomic E-state index is 0.147. The van der Waals surface area contributed by atoms with E-state index in [2.05, 4.69) is 21.0 Å². The van der Waals surface area contributed by atoms with Crippen LogP contribution in [0, 0.1) is 0 Å². The number of aromatic nitrogens is 2. The molecule has 0 radical (unpaired) electrons. The number of hydrogen-bond acceptors (Lipinski definition) is 6. The minimum atomic E-state index is -0.594. The summed E-state index contributed by atoms with van der Waals surface area (Å²) in [5.41, 5.74) is 6.48. The van der Waals surface area contributed by atoms with Crippen LogP contribution in [0.5, 0.6) is 0 Å². The molecule has 2 heterocycles. The Labute approximate surface area is 160 Å². The zero-order valence-electron chi connectivity index (χ0n) is 13.8. The van der Waals surface area contributed by atoms with Gasteiger partial charge in [0.1, 0.15) is 0 Å². The van der Waals surface area contributed by atoms with Crippen molar-refractivity contribution < 1.29 is 14.3 Å². The summed E-state index contributed by atoms with van der Waals surface area (Å²) in [4.78, 5) is 12.7. The van der Waals surface area contributed by atoms with Crippen molar-refractivity contribution in [3.8, 4) is 0 Å². The molecule has 1 aliphatic heterocycles. The summed E-state index contributed by atoms with van der Waals surface area (Å²) in [6.07, 6.45) is 0.652. The molecule has 2 fully saturated rings. The van der Waals surface area contributed by atoms with Gasteiger partial charge in [0.25, 0.3) is 0 Å². The fourth-order valence-corrected chi connectivity index (χ4v) is 3.22. The number of carbonyl (C=O) groups is 1. The lowest BCUT2D eigenvalue weighted by molar-refractivity contribution is -0.382. The molecule has 136 valence electrons. The molecule has 0 unspecified atom stereocenters. The van der Waals surface area contributed by atoms with Gasteiger partial charge < -0.3 is 9.47 Å². The number of rotatable bonds is 5. The average Bonchev–Trinajstić information content (AvgIpc) is 3.40. The Kier molecular flexibility index (Phi) is 4.48. The van der Waals surface area contributed by atoms with Gasteiger partial charge in [-0.3, -0.25) is 15.6 Å². The third-order valence-corrected chi connectivity index (χ3v) is 4.99. The average molecular weight is 395 g/mol. The van der Waals surface area contributed by atoms with E-state index < -0.39 is 11.7 Å². The molecular weight excluding hydrogens is 379 g/mol. The number of anilines is 1. The Hall–Kier alpha value is -1.93. The number of hydrogen-bond donors (Lipinski definition) is 2. The second-order valence-corrected chi connectivity index (χ2v) is 7.13. The molecule has 2 aliphatic rings. The highest BCUT2D eigenvalue weighted by atomic mass is 35.5. The van der Waals surface area contributed by atoms with Crippen LogP contribution in [0.1, 0.15) is 37.2 Å². The second kappa shape index (κ2) is 6.66. The highest BCUT2D eigenvalue weighted by Gasteiger charge is 2.51. The lowest BCUT2D eigenvalue weighted by Crippen LogP contribution is -2.39. The van der Waals surface area contributed by atoms with Crippen molar-refractivity contribution in [2.24, 2.45) is 0 Å². The number of carbonyl (C=O) groups excluding carboxylic acids is 1. The van der Waals surface area contributed by atoms with E-state index in [1.54, 1.807) is 25.1 Å². The molecule has 1 saturated heterocycles. The number of nitrogens with one attached hydrogen (secondary N) is 2. The van der Waals surface area contributed by atoms with Crippen LogP contribution in [-0.2, 0) is 19.7 Å². The maximum atomic E-state index is 12.7. The summed E-state index contributed by atoms with van der Waals surface area (Å²) < 4.78 is 10.9. The van der Waals surface area contributed by atoms with Gasteiger partial charge in [-0.1, -0.05) is 35.3 Å². The first-order chi connectivity index (χ1) is 12.5. The number of hydrazine groups is 1. The first kappa shape index (κ1) is 17.5. The molecule has 0 atom stereocenters. The van der Waals surface area contributed by atoms with E-state index in [-0.39, 0.29) is 17.4 Å². The summed E-state index contributed by atoms with van der Waals surface area (Å²) in [6.45, 7) is 1.78. The van der Waals surface area contributed by atoms with Gasteiger partial charge in [-0.2, -0.15) is 0 Å². The topological polar surface area (TPSA) is 85.4 Å². The number of benzene rings is 1. The predicted octanol–water partition coefficient (Wildman–Crippen LogP) is 3.35. The van der Waals surface area contributed by atoms with Gasteiger partial charge in [0.2, 0.25) is 5.91 Å². The Morgan fingerprint density at radius 2 is 1.88 bits per heavy atom. The van der Waals surface area contributed by atoms with Crippen molar-refractivity contribution in [1.29, 1.82) is 0 Å². The summed E-state index contributed by atoms with van der Waals surface area (Å²) in [5.74, 6) is 0.179. The smallest absolute Gasteiger partial charge is 0.248 e. The molecular formula is C17H16Cl2N4O3. The molecule has 9 heteroatoms. The first-order valence-corrected chi connectivity index (χ1v) is 8.90. The van der Waals surface area contributed by atoms with E-state index in [1.165, 1.54) is 0 Å². The van der Waals surface area contributed by atoms with Crippen LogP contribution in [-0.4, -0.2) is 22.4 Å². The van der Waals surface area contributed by atoms with Crippen molar-refractivity contribution in [2.45, 2.75) is 37.8 Å². The molecule has 7 nitrogen and oxygen atoms in total. The van der Waals surface area contributed by atoms with Crippen LogP contribution in [0.4, 0.5) is 5.82 Å². The van der Waals surface area contributed by atoms with Crippen LogP contribution in [0.25, 0.3) is 0 Å². The van der Waals surface area contributed by atoms with Gasteiger partial charge in [-0.25, -0.2) is 0 Å². The van der Waals surface area contributed by atoms with Gasteiger partial charge in [0, 0.05) is 5.02 Å². The Morgan fingerprint density at radius 3 is 2.50 bits per heavy atom. The SMILES string of the molecule is CC1OC(c2cc(Cl)nnc2NNC(=O)C2(c3ccc(Cl)cc3)CC2)O1. The van der Waals surface area contributed by atoms with Crippen LogP contribution >= 0.6 is 23.2 Å². The highest BCUT2D eigenvalue weighted by Crippen LogP contribution is 2.48. The molecule has 26 heavy (non-hydrogen) atoms. The maximum absolute atomic E-state index is 12.7. The van der Waals surface area contributed by atoms with Gasteiger partial charge in [-0.05, 0) is 43.5 Å². The molecule has 0 spiro atoms. The minimum Gasteiger partial charge on any atom is -0.319 e. The quantitative estimate of drug-likeness (QED) is 0.756. The van der Waals surface area contributed by atoms with Crippen molar-refractivity contribution >= 4 is 34.9 Å². The third kappa shape index (κ3) is 3.23. The summed E-state index contributed by atoms with van der Waals surface area (Å²) in [7, 11) is 0. The third-order valence-electron chi connectivity index (χ3n) is 4.55. The first-order valence-electron chi connectivity index (χ1n) is 8.14. The lowest BCUT2D eigenvalue weighted by atomic mass is 9.95. The molecule has 1 aliphatic carbocycles. The molecule has 1 saturated carbocycles. The molecule has 2 N–H and O–H groups in total.